The Bertz CT molecular complexity index is 563. The normalized spacial score (nSPS) is 22.4. The minimum Gasteiger partial charge on any atom is -0.326 e. The lowest BCUT2D eigenvalue weighted by Gasteiger charge is -2.32. The summed E-state index contributed by atoms with van der Waals surface area (Å²) >= 11 is 0. The van der Waals surface area contributed by atoms with Crippen molar-refractivity contribution in [2.24, 2.45) is 11.8 Å². The minimum absolute atomic E-state index is 0.000177. The monoisotopic (exact) mass is 296 g/mol. The molecule has 1 fully saturated rings. The maximum absolute atomic E-state index is 13.0. The first-order valence-corrected chi connectivity index (χ1v) is 6.79. The van der Waals surface area contributed by atoms with Crippen LogP contribution in [0, 0.1) is 23.2 Å². The SMILES string of the molecule is N#Cc1cccc(NC(=O)C2CCCCC2C(F)(F)F)c1. The highest BCUT2D eigenvalue weighted by Gasteiger charge is 2.48. The number of anilines is 1. The molecule has 0 spiro atoms. The molecule has 112 valence electrons. The molecule has 0 saturated heterocycles. The fourth-order valence-corrected chi connectivity index (χ4v) is 2.74. The van der Waals surface area contributed by atoms with Crippen LogP contribution in [0.1, 0.15) is 31.2 Å². The van der Waals surface area contributed by atoms with Crippen LogP contribution < -0.4 is 5.32 Å². The van der Waals surface area contributed by atoms with E-state index in [9.17, 15) is 18.0 Å². The molecule has 2 atom stereocenters. The van der Waals surface area contributed by atoms with Crippen LogP contribution in [0.4, 0.5) is 18.9 Å². The van der Waals surface area contributed by atoms with Crippen molar-refractivity contribution in [1.29, 1.82) is 5.26 Å². The molecule has 1 amide bonds. The van der Waals surface area contributed by atoms with Gasteiger partial charge in [0, 0.05) is 11.6 Å². The Hall–Kier alpha value is -2.03. The van der Waals surface area contributed by atoms with Crippen molar-refractivity contribution >= 4 is 11.6 Å². The van der Waals surface area contributed by atoms with E-state index < -0.39 is 23.9 Å². The van der Waals surface area contributed by atoms with Crippen molar-refractivity contribution in [1.82, 2.24) is 0 Å². The Morgan fingerprint density at radius 2 is 2.00 bits per heavy atom. The Morgan fingerprint density at radius 1 is 1.29 bits per heavy atom. The lowest BCUT2D eigenvalue weighted by Crippen LogP contribution is -2.39. The Labute approximate surface area is 120 Å². The smallest absolute Gasteiger partial charge is 0.326 e. The molecule has 2 unspecified atom stereocenters. The van der Waals surface area contributed by atoms with E-state index in [1.54, 1.807) is 18.2 Å². The van der Waals surface area contributed by atoms with Crippen LogP contribution in [0.3, 0.4) is 0 Å². The largest absolute Gasteiger partial charge is 0.392 e. The number of carbonyl (C=O) groups is 1. The lowest BCUT2D eigenvalue weighted by atomic mass is 9.78. The van der Waals surface area contributed by atoms with Crippen LogP contribution in [-0.4, -0.2) is 12.1 Å². The summed E-state index contributed by atoms with van der Waals surface area (Å²) in [6.45, 7) is 0. The zero-order valence-electron chi connectivity index (χ0n) is 11.3. The molecular weight excluding hydrogens is 281 g/mol. The van der Waals surface area contributed by atoms with Crippen molar-refractivity contribution in [2.45, 2.75) is 31.9 Å². The summed E-state index contributed by atoms with van der Waals surface area (Å²) in [6, 6.07) is 8.07. The van der Waals surface area contributed by atoms with Gasteiger partial charge in [-0.1, -0.05) is 18.9 Å². The zero-order chi connectivity index (χ0) is 15.5. The van der Waals surface area contributed by atoms with E-state index in [4.69, 9.17) is 5.26 Å². The molecule has 1 aromatic rings. The van der Waals surface area contributed by atoms with E-state index in [0.29, 0.717) is 24.1 Å². The average molecular weight is 296 g/mol. The Morgan fingerprint density at radius 3 is 2.67 bits per heavy atom. The molecule has 0 aromatic heterocycles. The lowest BCUT2D eigenvalue weighted by molar-refractivity contribution is -0.197. The molecule has 2 rings (SSSR count). The maximum Gasteiger partial charge on any atom is 0.392 e. The van der Waals surface area contributed by atoms with Crippen LogP contribution >= 0.6 is 0 Å². The second kappa shape index (κ2) is 6.17. The Kier molecular flexibility index (Phi) is 4.51. The number of nitriles is 1. The summed E-state index contributed by atoms with van der Waals surface area (Å²) in [4.78, 5) is 12.1. The van der Waals surface area contributed by atoms with Crippen LogP contribution in [0.15, 0.2) is 24.3 Å². The summed E-state index contributed by atoms with van der Waals surface area (Å²) in [6.07, 6.45) is -2.98. The highest BCUT2D eigenvalue weighted by atomic mass is 19.4. The number of halogens is 3. The number of nitrogens with zero attached hydrogens (tertiary/aromatic N) is 1. The molecule has 0 heterocycles. The van der Waals surface area contributed by atoms with Gasteiger partial charge in [-0.25, -0.2) is 0 Å². The molecule has 1 N–H and O–H groups in total. The molecule has 1 aliphatic carbocycles. The van der Waals surface area contributed by atoms with Crippen LogP contribution in [0.5, 0.6) is 0 Å². The Balaban J connectivity index is 2.12. The van der Waals surface area contributed by atoms with E-state index in [-0.39, 0.29) is 12.8 Å². The number of hydrogen-bond donors (Lipinski definition) is 1. The number of nitrogens with one attached hydrogen (secondary N) is 1. The van der Waals surface area contributed by atoms with Crippen molar-refractivity contribution < 1.29 is 18.0 Å². The molecule has 6 heteroatoms. The van der Waals surface area contributed by atoms with E-state index in [0.717, 1.165) is 0 Å². The molecule has 0 radical (unpaired) electrons. The number of amides is 1. The van der Waals surface area contributed by atoms with Crippen molar-refractivity contribution in [3.63, 3.8) is 0 Å². The van der Waals surface area contributed by atoms with Crippen LogP contribution in [-0.2, 0) is 4.79 Å². The average Bonchev–Trinajstić information content (AvgIpc) is 2.46. The second-order valence-electron chi connectivity index (χ2n) is 5.22. The first-order valence-electron chi connectivity index (χ1n) is 6.79. The first-order chi connectivity index (χ1) is 9.91. The minimum atomic E-state index is -4.35. The molecule has 3 nitrogen and oxygen atoms in total. The van der Waals surface area contributed by atoms with E-state index in [1.807, 2.05) is 6.07 Å². The molecule has 1 aromatic carbocycles. The molecule has 0 aliphatic heterocycles. The fraction of sp³-hybridized carbons (Fsp3) is 0.467. The third-order valence-corrected chi connectivity index (χ3v) is 3.78. The number of hydrogen-bond acceptors (Lipinski definition) is 2. The van der Waals surface area contributed by atoms with E-state index in [2.05, 4.69) is 5.32 Å². The molecule has 1 saturated carbocycles. The predicted molar refractivity (Wildman–Crippen MR) is 71.3 cm³/mol. The summed E-state index contributed by atoms with van der Waals surface area (Å²) in [7, 11) is 0. The van der Waals surface area contributed by atoms with Crippen molar-refractivity contribution in [3.8, 4) is 6.07 Å². The van der Waals surface area contributed by atoms with Crippen LogP contribution in [0.25, 0.3) is 0 Å². The zero-order valence-corrected chi connectivity index (χ0v) is 11.3. The predicted octanol–water partition coefficient (Wildman–Crippen LogP) is 3.87. The summed E-state index contributed by atoms with van der Waals surface area (Å²) < 4.78 is 39.0. The van der Waals surface area contributed by atoms with Crippen molar-refractivity contribution in [3.05, 3.63) is 29.8 Å². The van der Waals surface area contributed by atoms with Gasteiger partial charge in [0.25, 0.3) is 0 Å². The number of rotatable bonds is 2. The van der Waals surface area contributed by atoms with E-state index in [1.165, 1.54) is 6.07 Å². The topological polar surface area (TPSA) is 52.9 Å². The number of benzene rings is 1. The van der Waals surface area contributed by atoms with Gasteiger partial charge in [0.2, 0.25) is 5.91 Å². The van der Waals surface area contributed by atoms with Gasteiger partial charge in [0.1, 0.15) is 0 Å². The van der Waals surface area contributed by atoms with E-state index >= 15 is 0 Å². The number of carbonyl (C=O) groups excluding carboxylic acids is 1. The standard InChI is InChI=1S/C15H15F3N2O/c16-15(17,18)13-7-2-1-6-12(13)14(21)20-11-5-3-4-10(8-11)9-19/h3-5,8,12-13H,1-2,6-7H2,(H,20,21). The van der Waals surface area contributed by atoms with Gasteiger partial charge < -0.3 is 5.32 Å². The quantitative estimate of drug-likeness (QED) is 0.900. The van der Waals surface area contributed by atoms with Gasteiger partial charge in [0.05, 0.1) is 17.6 Å². The summed E-state index contributed by atoms with van der Waals surface area (Å²) in [5.74, 6) is -3.25. The summed E-state index contributed by atoms with van der Waals surface area (Å²) in [5.41, 5.74) is 0.703. The highest BCUT2D eigenvalue weighted by Crippen LogP contribution is 2.41. The van der Waals surface area contributed by atoms with Crippen molar-refractivity contribution in [2.75, 3.05) is 5.32 Å². The van der Waals surface area contributed by atoms with Gasteiger partial charge in [0.15, 0.2) is 0 Å². The van der Waals surface area contributed by atoms with Gasteiger partial charge in [-0.3, -0.25) is 4.79 Å². The molecule has 0 bridgehead atoms. The first kappa shape index (κ1) is 15.4. The van der Waals surface area contributed by atoms with Gasteiger partial charge in [-0.2, -0.15) is 18.4 Å². The fourth-order valence-electron chi connectivity index (χ4n) is 2.74. The third kappa shape index (κ3) is 3.75. The van der Waals surface area contributed by atoms with Gasteiger partial charge in [-0.05, 0) is 31.0 Å². The van der Waals surface area contributed by atoms with Gasteiger partial charge >= 0.3 is 6.18 Å². The number of alkyl halides is 3. The molecule has 1 aliphatic rings. The second-order valence-corrected chi connectivity index (χ2v) is 5.22. The maximum atomic E-state index is 13.0. The third-order valence-electron chi connectivity index (χ3n) is 3.78. The molecular formula is C15H15F3N2O. The molecule has 21 heavy (non-hydrogen) atoms. The highest BCUT2D eigenvalue weighted by molar-refractivity contribution is 5.93. The van der Waals surface area contributed by atoms with Crippen LogP contribution in [0.2, 0.25) is 0 Å². The summed E-state index contributed by atoms with van der Waals surface area (Å²) in [5, 5.41) is 11.3. The van der Waals surface area contributed by atoms with Gasteiger partial charge in [-0.15, -0.1) is 0 Å².